The zero-order valence-electron chi connectivity index (χ0n) is 13.1. The topological polar surface area (TPSA) is 46.2 Å². The average molecular weight is 338 g/mol. The third-order valence-electron chi connectivity index (χ3n) is 3.54. The number of anilines is 1. The number of rotatable bonds is 3. The van der Waals surface area contributed by atoms with E-state index in [9.17, 15) is 8.42 Å². The summed E-state index contributed by atoms with van der Waals surface area (Å²) in [6.45, 7) is 8.04. The van der Waals surface area contributed by atoms with Crippen LogP contribution < -0.4 is 4.72 Å². The molecule has 0 aliphatic carbocycles. The van der Waals surface area contributed by atoms with Gasteiger partial charge in [0.05, 0.1) is 10.6 Å². The molecule has 0 atom stereocenters. The summed E-state index contributed by atoms with van der Waals surface area (Å²) in [6, 6.07) is 12.1. The number of benzene rings is 2. The van der Waals surface area contributed by atoms with Crippen LogP contribution in [0.3, 0.4) is 0 Å². The van der Waals surface area contributed by atoms with Crippen LogP contribution in [0, 0.1) is 6.92 Å². The van der Waals surface area contributed by atoms with E-state index in [1.54, 1.807) is 37.3 Å². The molecule has 0 bridgehead atoms. The van der Waals surface area contributed by atoms with Crippen LogP contribution in [0.2, 0.25) is 5.02 Å². The van der Waals surface area contributed by atoms with Crippen molar-refractivity contribution in [2.75, 3.05) is 4.72 Å². The Morgan fingerprint density at radius 3 is 2.14 bits per heavy atom. The second-order valence-corrected chi connectivity index (χ2v) is 8.38. The van der Waals surface area contributed by atoms with Crippen LogP contribution in [0.4, 0.5) is 5.69 Å². The predicted octanol–water partition coefficient (Wildman–Crippen LogP) is 4.75. The summed E-state index contributed by atoms with van der Waals surface area (Å²) in [4.78, 5) is 0.236. The van der Waals surface area contributed by atoms with E-state index in [1.165, 1.54) is 0 Å². The molecule has 0 aliphatic rings. The second-order valence-electron chi connectivity index (χ2n) is 6.29. The van der Waals surface area contributed by atoms with Gasteiger partial charge in [0.1, 0.15) is 0 Å². The Morgan fingerprint density at radius 2 is 1.59 bits per heavy atom. The van der Waals surface area contributed by atoms with Gasteiger partial charge in [0.15, 0.2) is 0 Å². The summed E-state index contributed by atoms with van der Waals surface area (Å²) >= 11 is 6.02. The maximum Gasteiger partial charge on any atom is 0.261 e. The average Bonchev–Trinajstić information content (AvgIpc) is 2.43. The third-order valence-corrected chi connectivity index (χ3v) is 5.33. The molecule has 2 aromatic carbocycles. The lowest BCUT2D eigenvalue weighted by Gasteiger charge is -2.19. The molecule has 0 saturated heterocycles. The van der Waals surface area contributed by atoms with E-state index in [2.05, 4.69) is 25.5 Å². The van der Waals surface area contributed by atoms with Gasteiger partial charge < -0.3 is 0 Å². The predicted molar refractivity (Wildman–Crippen MR) is 92.1 cm³/mol. The van der Waals surface area contributed by atoms with Crippen LogP contribution in [0.25, 0.3) is 0 Å². The summed E-state index contributed by atoms with van der Waals surface area (Å²) in [5.74, 6) is 0. The molecule has 0 aromatic heterocycles. The molecule has 22 heavy (non-hydrogen) atoms. The minimum absolute atomic E-state index is 0.0146. The van der Waals surface area contributed by atoms with Gasteiger partial charge in [-0.2, -0.15) is 0 Å². The lowest BCUT2D eigenvalue weighted by molar-refractivity contribution is 0.587. The Balaban J connectivity index is 2.33. The Kier molecular flexibility index (Phi) is 4.54. The molecule has 5 heteroatoms. The standard InChI is InChI=1S/C17H20ClNO2S/c1-12-15(18)6-5-7-16(12)19-22(20,21)14-10-8-13(9-11-14)17(2,3)4/h5-11,19H,1-4H3. The van der Waals surface area contributed by atoms with Crippen molar-refractivity contribution in [1.82, 2.24) is 0 Å². The lowest BCUT2D eigenvalue weighted by atomic mass is 9.87. The molecule has 0 radical (unpaired) electrons. The molecular weight excluding hydrogens is 318 g/mol. The van der Waals surface area contributed by atoms with Crippen molar-refractivity contribution in [1.29, 1.82) is 0 Å². The van der Waals surface area contributed by atoms with Crippen LogP contribution in [0.15, 0.2) is 47.4 Å². The fraction of sp³-hybridized carbons (Fsp3) is 0.294. The first-order valence-corrected chi connectivity index (χ1v) is 8.86. The summed E-state index contributed by atoms with van der Waals surface area (Å²) in [6.07, 6.45) is 0. The van der Waals surface area contributed by atoms with Crippen molar-refractivity contribution in [3.05, 3.63) is 58.6 Å². The van der Waals surface area contributed by atoms with E-state index >= 15 is 0 Å². The maximum absolute atomic E-state index is 12.5. The minimum atomic E-state index is -3.62. The molecule has 0 aliphatic heterocycles. The number of hydrogen-bond acceptors (Lipinski definition) is 2. The van der Waals surface area contributed by atoms with Gasteiger partial charge in [-0.25, -0.2) is 8.42 Å². The Bertz CT molecular complexity index is 775. The minimum Gasteiger partial charge on any atom is -0.279 e. The van der Waals surface area contributed by atoms with Crippen LogP contribution in [-0.4, -0.2) is 8.42 Å². The van der Waals surface area contributed by atoms with Crippen molar-refractivity contribution in [2.45, 2.75) is 38.0 Å². The SMILES string of the molecule is Cc1c(Cl)cccc1NS(=O)(=O)c1ccc(C(C)(C)C)cc1. The first-order valence-electron chi connectivity index (χ1n) is 7.00. The number of sulfonamides is 1. The van der Waals surface area contributed by atoms with Gasteiger partial charge in [-0.05, 0) is 47.7 Å². The number of hydrogen-bond donors (Lipinski definition) is 1. The highest BCUT2D eigenvalue weighted by atomic mass is 35.5. The molecular formula is C17H20ClNO2S. The molecule has 0 unspecified atom stereocenters. The normalized spacial score (nSPS) is 12.2. The molecule has 118 valence electrons. The van der Waals surface area contributed by atoms with Crippen molar-refractivity contribution in [3.8, 4) is 0 Å². The maximum atomic E-state index is 12.5. The van der Waals surface area contributed by atoms with E-state index in [1.807, 2.05) is 12.1 Å². The molecule has 3 nitrogen and oxygen atoms in total. The lowest BCUT2D eigenvalue weighted by Crippen LogP contribution is -2.15. The quantitative estimate of drug-likeness (QED) is 0.878. The molecule has 2 aromatic rings. The summed E-state index contributed by atoms with van der Waals surface area (Å²) in [5, 5.41) is 0.531. The van der Waals surface area contributed by atoms with Crippen LogP contribution in [0.5, 0.6) is 0 Å². The van der Waals surface area contributed by atoms with Gasteiger partial charge in [-0.3, -0.25) is 4.72 Å². The first kappa shape index (κ1) is 16.8. The molecule has 0 amide bonds. The Hall–Kier alpha value is -1.52. The van der Waals surface area contributed by atoms with Crippen molar-refractivity contribution >= 4 is 27.3 Å². The van der Waals surface area contributed by atoms with Gasteiger partial charge in [0.25, 0.3) is 10.0 Å². The Morgan fingerprint density at radius 1 is 1.00 bits per heavy atom. The van der Waals surface area contributed by atoms with Crippen LogP contribution in [-0.2, 0) is 15.4 Å². The van der Waals surface area contributed by atoms with Crippen molar-refractivity contribution in [3.63, 3.8) is 0 Å². The van der Waals surface area contributed by atoms with E-state index in [-0.39, 0.29) is 10.3 Å². The van der Waals surface area contributed by atoms with E-state index < -0.39 is 10.0 Å². The van der Waals surface area contributed by atoms with Gasteiger partial charge in [-0.1, -0.05) is 50.6 Å². The molecule has 2 rings (SSSR count). The van der Waals surface area contributed by atoms with E-state index in [0.29, 0.717) is 16.3 Å². The van der Waals surface area contributed by atoms with Gasteiger partial charge in [-0.15, -0.1) is 0 Å². The molecule has 0 fully saturated rings. The largest absolute Gasteiger partial charge is 0.279 e. The van der Waals surface area contributed by atoms with E-state index in [4.69, 9.17) is 11.6 Å². The van der Waals surface area contributed by atoms with Crippen molar-refractivity contribution in [2.24, 2.45) is 0 Å². The van der Waals surface area contributed by atoms with Gasteiger partial charge in [0.2, 0.25) is 0 Å². The monoisotopic (exact) mass is 337 g/mol. The van der Waals surface area contributed by atoms with Crippen LogP contribution in [0.1, 0.15) is 31.9 Å². The molecule has 0 saturated carbocycles. The van der Waals surface area contributed by atoms with Crippen LogP contribution >= 0.6 is 11.6 Å². The van der Waals surface area contributed by atoms with Gasteiger partial charge in [0, 0.05) is 5.02 Å². The summed E-state index contributed by atoms with van der Waals surface area (Å²) in [7, 11) is -3.62. The summed E-state index contributed by atoms with van der Waals surface area (Å²) in [5.41, 5.74) is 2.27. The van der Waals surface area contributed by atoms with Crippen molar-refractivity contribution < 1.29 is 8.42 Å². The first-order chi connectivity index (χ1) is 10.1. The highest BCUT2D eigenvalue weighted by Crippen LogP contribution is 2.27. The smallest absolute Gasteiger partial charge is 0.261 e. The molecule has 0 spiro atoms. The third kappa shape index (κ3) is 3.62. The van der Waals surface area contributed by atoms with E-state index in [0.717, 1.165) is 5.56 Å². The fourth-order valence-corrected chi connectivity index (χ4v) is 3.35. The zero-order valence-corrected chi connectivity index (χ0v) is 14.7. The number of nitrogens with one attached hydrogen (secondary N) is 1. The molecule has 1 N–H and O–H groups in total. The molecule has 0 heterocycles. The zero-order chi connectivity index (χ0) is 16.5. The summed E-state index contributed by atoms with van der Waals surface area (Å²) < 4.78 is 27.5. The fourth-order valence-electron chi connectivity index (χ4n) is 2.06. The van der Waals surface area contributed by atoms with Gasteiger partial charge >= 0.3 is 0 Å². The highest BCUT2D eigenvalue weighted by molar-refractivity contribution is 7.92. The highest BCUT2D eigenvalue weighted by Gasteiger charge is 2.18. The number of halogens is 1. The Labute approximate surface area is 137 Å². The second kappa shape index (κ2) is 5.94.